The fourth-order valence-corrected chi connectivity index (χ4v) is 3.13. The Labute approximate surface area is 172 Å². The van der Waals surface area contributed by atoms with Gasteiger partial charge in [-0.3, -0.25) is 9.59 Å². The number of rotatable bonds is 6. The predicted octanol–water partition coefficient (Wildman–Crippen LogP) is 4.68. The predicted molar refractivity (Wildman–Crippen MR) is 105 cm³/mol. The molecule has 2 aromatic rings. The third-order valence-electron chi connectivity index (χ3n) is 4.21. The number of carbonyl (C=O) groups is 2. The van der Waals surface area contributed by atoms with E-state index >= 15 is 0 Å². The third-order valence-corrected chi connectivity index (χ3v) is 4.79. The summed E-state index contributed by atoms with van der Waals surface area (Å²) in [6.07, 6.45) is 0. The van der Waals surface area contributed by atoms with E-state index in [-0.39, 0.29) is 12.5 Å². The average Bonchev–Trinajstić information content (AvgIpc) is 2.61. The topological polar surface area (TPSA) is 49.4 Å². The van der Waals surface area contributed by atoms with Gasteiger partial charge in [-0.1, -0.05) is 49.2 Å². The van der Waals surface area contributed by atoms with E-state index < -0.39 is 35.1 Å². The lowest BCUT2D eigenvalue weighted by Crippen LogP contribution is -2.50. The second-order valence-corrected chi connectivity index (χ2v) is 7.57. The normalized spacial score (nSPS) is 12.0. The maximum absolute atomic E-state index is 13.9. The van der Waals surface area contributed by atoms with Gasteiger partial charge in [0.25, 0.3) is 5.91 Å². The summed E-state index contributed by atoms with van der Waals surface area (Å²) in [7, 11) is 1.55. The second-order valence-electron chi connectivity index (χ2n) is 6.72. The first kappa shape index (κ1) is 22.1. The Bertz CT molecular complexity index is 870. The summed E-state index contributed by atoms with van der Waals surface area (Å²) in [5, 5.41) is 3.32. The summed E-state index contributed by atoms with van der Waals surface area (Å²) in [5.74, 6) is -3.69. The van der Waals surface area contributed by atoms with Crippen LogP contribution in [0.2, 0.25) is 10.0 Å². The van der Waals surface area contributed by atoms with E-state index in [9.17, 15) is 18.4 Å². The molecule has 0 aromatic heterocycles. The molecule has 0 saturated carbocycles. The van der Waals surface area contributed by atoms with Crippen molar-refractivity contribution >= 4 is 35.0 Å². The molecule has 150 valence electrons. The molecule has 8 heteroatoms. The maximum atomic E-state index is 13.9. The standard InChI is InChI=1S/C20H20Cl2F2N2O2/c1-11(2)18(25-19(27)17-15(23)5-4-6-16(17)24)20(28)26(3)10-12-7-8-13(21)9-14(12)22/h4-9,11,18H,10H2,1-3H3,(H,25,27). The molecule has 0 spiro atoms. The van der Waals surface area contributed by atoms with Crippen molar-refractivity contribution in [3.8, 4) is 0 Å². The summed E-state index contributed by atoms with van der Waals surface area (Å²) in [6.45, 7) is 3.63. The molecular formula is C20H20Cl2F2N2O2. The van der Waals surface area contributed by atoms with E-state index in [1.54, 1.807) is 39.1 Å². The molecule has 0 fully saturated rings. The highest BCUT2D eigenvalue weighted by Crippen LogP contribution is 2.22. The first-order valence-corrected chi connectivity index (χ1v) is 9.31. The first-order chi connectivity index (χ1) is 13.1. The molecule has 1 atom stereocenters. The van der Waals surface area contributed by atoms with Crippen LogP contribution in [0.5, 0.6) is 0 Å². The minimum Gasteiger partial charge on any atom is -0.340 e. The Morgan fingerprint density at radius 2 is 1.71 bits per heavy atom. The highest BCUT2D eigenvalue weighted by Gasteiger charge is 2.29. The SMILES string of the molecule is CC(C)C(NC(=O)c1c(F)cccc1F)C(=O)N(C)Cc1ccc(Cl)cc1Cl. The molecule has 0 heterocycles. The zero-order chi connectivity index (χ0) is 21.0. The molecule has 0 aliphatic carbocycles. The molecule has 28 heavy (non-hydrogen) atoms. The van der Waals surface area contributed by atoms with Crippen molar-refractivity contribution in [1.82, 2.24) is 10.2 Å². The fourth-order valence-electron chi connectivity index (χ4n) is 2.66. The van der Waals surface area contributed by atoms with Crippen molar-refractivity contribution < 1.29 is 18.4 Å². The van der Waals surface area contributed by atoms with Crippen LogP contribution >= 0.6 is 23.2 Å². The maximum Gasteiger partial charge on any atom is 0.257 e. The lowest BCUT2D eigenvalue weighted by molar-refractivity contribution is -0.133. The molecule has 1 unspecified atom stereocenters. The lowest BCUT2D eigenvalue weighted by atomic mass is 10.0. The first-order valence-electron chi connectivity index (χ1n) is 8.55. The Morgan fingerprint density at radius 1 is 1.11 bits per heavy atom. The van der Waals surface area contributed by atoms with E-state index in [2.05, 4.69) is 5.32 Å². The van der Waals surface area contributed by atoms with Crippen LogP contribution in [0.1, 0.15) is 29.8 Å². The summed E-state index contributed by atoms with van der Waals surface area (Å²) in [5.41, 5.74) is -0.0414. The van der Waals surface area contributed by atoms with Crippen molar-refractivity contribution in [3.05, 3.63) is 69.2 Å². The molecular weight excluding hydrogens is 409 g/mol. The van der Waals surface area contributed by atoms with E-state index in [0.29, 0.717) is 15.6 Å². The van der Waals surface area contributed by atoms with Gasteiger partial charge >= 0.3 is 0 Å². The molecule has 2 aromatic carbocycles. The summed E-state index contributed by atoms with van der Waals surface area (Å²) in [4.78, 5) is 26.6. The van der Waals surface area contributed by atoms with Crippen LogP contribution in [0.4, 0.5) is 8.78 Å². The molecule has 0 radical (unpaired) electrons. The summed E-state index contributed by atoms with van der Waals surface area (Å²) < 4.78 is 27.7. The highest BCUT2D eigenvalue weighted by molar-refractivity contribution is 6.35. The smallest absolute Gasteiger partial charge is 0.257 e. The number of nitrogens with zero attached hydrogens (tertiary/aromatic N) is 1. The van der Waals surface area contributed by atoms with Crippen LogP contribution in [0.25, 0.3) is 0 Å². The summed E-state index contributed by atoms with van der Waals surface area (Å²) >= 11 is 12.0. The van der Waals surface area contributed by atoms with Gasteiger partial charge in [0, 0.05) is 23.6 Å². The number of hydrogen-bond acceptors (Lipinski definition) is 2. The highest BCUT2D eigenvalue weighted by atomic mass is 35.5. The number of halogens is 4. The molecule has 0 saturated heterocycles. The lowest BCUT2D eigenvalue weighted by Gasteiger charge is -2.27. The van der Waals surface area contributed by atoms with Crippen molar-refractivity contribution in [2.75, 3.05) is 7.05 Å². The molecule has 0 bridgehead atoms. The Hall–Kier alpha value is -2.18. The van der Waals surface area contributed by atoms with Gasteiger partial charge in [-0.05, 0) is 35.7 Å². The van der Waals surface area contributed by atoms with Crippen LogP contribution < -0.4 is 5.32 Å². The Kier molecular flexibility index (Phi) is 7.38. The van der Waals surface area contributed by atoms with E-state index in [0.717, 1.165) is 18.2 Å². The van der Waals surface area contributed by atoms with Crippen molar-refractivity contribution in [2.45, 2.75) is 26.4 Å². The molecule has 1 N–H and O–H groups in total. The molecule has 0 aliphatic rings. The van der Waals surface area contributed by atoms with Gasteiger partial charge in [0.1, 0.15) is 23.2 Å². The number of carbonyl (C=O) groups excluding carboxylic acids is 2. The molecule has 4 nitrogen and oxygen atoms in total. The number of amides is 2. The van der Waals surface area contributed by atoms with Crippen LogP contribution in [0.15, 0.2) is 36.4 Å². The molecule has 2 rings (SSSR count). The van der Waals surface area contributed by atoms with Gasteiger partial charge in [-0.2, -0.15) is 0 Å². The van der Waals surface area contributed by atoms with E-state index in [4.69, 9.17) is 23.2 Å². The van der Waals surface area contributed by atoms with Crippen molar-refractivity contribution in [1.29, 1.82) is 0 Å². The number of benzene rings is 2. The Balaban J connectivity index is 2.18. The minimum atomic E-state index is -0.992. The number of likely N-dealkylation sites (N-methyl/N-ethyl adjacent to an activating group) is 1. The van der Waals surface area contributed by atoms with Gasteiger partial charge in [-0.15, -0.1) is 0 Å². The second kappa shape index (κ2) is 9.34. The van der Waals surface area contributed by atoms with E-state index in [1.807, 2.05) is 0 Å². The minimum absolute atomic E-state index is 0.183. The zero-order valence-electron chi connectivity index (χ0n) is 15.6. The van der Waals surface area contributed by atoms with Crippen LogP contribution in [-0.4, -0.2) is 29.8 Å². The summed E-state index contributed by atoms with van der Waals surface area (Å²) in [6, 6.07) is 7.09. The third kappa shape index (κ3) is 5.20. The van der Waals surface area contributed by atoms with Crippen LogP contribution in [0, 0.1) is 17.6 Å². The average molecular weight is 429 g/mol. The molecule has 2 amide bonds. The van der Waals surface area contributed by atoms with Gasteiger partial charge in [-0.25, -0.2) is 8.78 Å². The number of nitrogens with one attached hydrogen (secondary N) is 1. The van der Waals surface area contributed by atoms with Crippen LogP contribution in [0.3, 0.4) is 0 Å². The van der Waals surface area contributed by atoms with Gasteiger partial charge in [0.15, 0.2) is 0 Å². The quantitative estimate of drug-likeness (QED) is 0.725. The van der Waals surface area contributed by atoms with Gasteiger partial charge < -0.3 is 10.2 Å². The Morgan fingerprint density at radius 3 is 2.25 bits per heavy atom. The van der Waals surface area contributed by atoms with Gasteiger partial charge in [0.2, 0.25) is 5.91 Å². The van der Waals surface area contributed by atoms with E-state index in [1.165, 1.54) is 4.90 Å². The van der Waals surface area contributed by atoms with Crippen LogP contribution in [-0.2, 0) is 11.3 Å². The van der Waals surface area contributed by atoms with Gasteiger partial charge in [0.05, 0.1) is 0 Å². The van der Waals surface area contributed by atoms with Crippen molar-refractivity contribution in [3.63, 3.8) is 0 Å². The monoisotopic (exact) mass is 428 g/mol. The zero-order valence-corrected chi connectivity index (χ0v) is 17.1. The van der Waals surface area contributed by atoms with Crippen molar-refractivity contribution in [2.24, 2.45) is 5.92 Å². The molecule has 0 aliphatic heterocycles. The fraction of sp³-hybridized carbons (Fsp3) is 0.300. The number of hydrogen-bond donors (Lipinski definition) is 1. The largest absolute Gasteiger partial charge is 0.340 e.